The monoisotopic (exact) mass is 241 g/mol. The zero-order valence-electron chi connectivity index (χ0n) is 9.87. The van der Waals surface area contributed by atoms with Gasteiger partial charge in [0.1, 0.15) is 0 Å². The molecule has 1 aromatic rings. The van der Waals surface area contributed by atoms with E-state index < -0.39 is 11.5 Å². The van der Waals surface area contributed by atoms with Crippen LogP contribution in [0.1, 0.15) is 18.9 Å². The largest absolute Gasteiger partial charge is 0.389 e. The molecule has 0 amide bonds. The van der Waals surface area contributed by atoms with Gasteiger partial charge in [-0.3, -0.25) is 4.90 Å². The van der Waals surface area contributed by atoms with Gasteiger partial charge in [0.2, 0.25) is 0 Å². The molecule has 0 spiro atoms. The SMILES string of the molecule is CC1(O)CCN(CC(F)(F)c2ccccc2)C1. The van der Waals surface area contributed by atoms with Crippen LogP contribution in [0.15, 0.2) is 30.3 Å². The van der Waals surface area contributed by atoms with Gasteiger partial charge < -0.3 is 5.11 Å². The Morgan fingerprint density at radius 2 is 2.00 bits per heavy atom. The first-order valence-electron chi connectivity index (χ1n) is 5.77. The molecule has 1 atom stereocenters. The molecule has 1 N–H and O–H groups in total. The summed E-state index contributed by atoms with van der Waals surface area (Å²) in [7, 11) is 0. The highest BCUT2D eigenvalue weighted by atomic mass is 19.3. The van der Waals surface area contributed by atoms with Gasteiger partial charge in [-0.15, -0.1) is 0 Å². The second kappa shape index (κ2) is 4.35. The van der Waals surface area contributed by atoms with Crippen LogP contribution in [0.25, 0.3) is 0 Å². The Bertz CT molecular complexity index is 378. The number of aliphatic hydroxyl groups is 1. The minimum Gasteiger partial charge on any atom is -0.389 e. The number of rotatable bonds is 3. The smallest absolute Gasteiger partial charge is 0.285 e. The molecule has 0 bridgehead atoms. The minimum atomic E-state index is -2.86. The lowest BCUT2D eigenvalue weighted by atomic mass is 10.1. The van der Waals surface area contributed by atoms with Gasteiger partial charge in [0.05, 0.1) is 12.1 Å². The Morgan fingerprint density at radius 1 is 1.35 bits per heavy atom. The predicted molar refractivity (Wildman–Crippen MR) is 62.0 cm³/mol. The quantitative estimate of drug-likeness (QED) is 0.877. The van der Waals surface area contributed by atoms with Crippen LogP contribution in [-0.4, -0.2) is 35.2 Å². The predicted octanol–water partition coefficient (Wildman–Crippen LogP) is 2.24. The highest BCUT2D eigenvalue weighted by Gasteiger charge is 2.39. The van der Waals surface area contributed by atoms with Crippen molar-refractivity contribution in [2.24, 2.45) is 0 Å². The van der Waals surface area contributed by atoms with E-state index in [2.05, 4.69) is 0 Å². The number of β-amino-alcohol motifs (C(OH)–C–C–N with tert-alkyl or cyclic N) is 1. The third-order valence-corrected chi connectivity index (χ3v) is 3.15. The maximum absolute atomic E-state index is 13.9. The van der Waals surface area contributed by atoms with E-state index in [0.717, 1.165) is 0 Å². The number of alkyl halides is 2. The molecule has 1 aromatic carbocycles. The van der Waals surface area contributed by atoms with E-state index >= 15 is 0 Å². The molecular weight excluding hydrogens is 224 g/mol. The topological polar surface area (TPSA) is 23.5 Å². The highest BCUT2D eigenvalue weighted by Crippen LogP contribution is 2.31. The first-order chi connectivity index (χ1) is 7.89. The molecule has 4 heteroatoms. The average molecular weight is 241 g/mol. The van der Waals surface area contributed by atoms with E-state index in [4.69, 9.17) is 0 Å². The fourth-order valence-corrected chi connectivity index (χ4v) is 2.23. The van der Waals surface area contributed by atoms with Crippen LogP contribution in [0.4, 0.5) is 8.78 Å². The molecular formula is C13H17F2NO. The molecule has 1 aliphatic rings. The van der Waals surface area contributed by atoms with Crippen molar-refractivity contribution < 1.29 is 13.9 Å². The number of hydrogen-bond donors (Lipinski definition) is 1. The first kappa shape index (κ1) is 12.5. The van der Waals surface area contributed by atoms with Crippen molar-refractivity contribution in [3.63, 3.8) is 0 Å². The normalized spacial score (nSPS) is 26.4. The number of halogens is 2. The van der Waals surface area contributed by atoms with Gasteiger partial charge in [-0.2, -0.15) is 8.78 Å². The summed E-state index contributed by atoms with van der Waals surface area (Å²) in [5.74, 6) is -2.86. The second-order valence-electron chi connectivity index (χ2n) is 5.03. The Kier molecular flexibility index (Phi) is 3.19. The van der Waals surface area contributed by atoms with E-state index in [-0.39, 0.29) is 12.1 Å². The number of benzene rings is 1. The number of nitrogens with zero attached hydrogens (tertiary/aromatic N) is 1. The van der Waals surface area contributed by atoms with E-state index in [9.17, 15) is 13.9 Å². The molecule has 2 rings (SSSR count). The van der Waals surface area contributed by atoms with Crippen LogP contribution in [0, 0.1) is 0 Å². The van der Waals surface area contributed by atoms with Crippen molar-refractivity contribution in [1.29, 1.82) is 0 Å². The highest BCUT2D eigenvalue weighted by molar-refractivity contribution is 5.20. The first-order valence-corrected chi connectivity index (χ1v) is 5.77. The fraction of sp³-hybridized carbons (Fsp3) is 0.538. The van der Waals surface area contributed by atoms with Crippen LogP contribution < -0.4 is 0 Å². The third-order valence-electron chi connectivity index (χ3n) is 3.15. The Hall–Kier alpha value is -1.00. The van der Waals surface area contributed by atoms with Crippen molar-refractivity contribution >= 4 is 0 Å². The lowest BCUT2D eigenvalue weighted by molar-refractivity contribution is -0.0384. The number of likely N-dealkylation sites (tertiary alicyclic amines) is 1. The maximum atomic E-state index is 13.9. The fourth-order valence-electron chi connectivity index (χ4n) is 2.23. The molecule has 1 saturated heterocycles. The summed E-state index contributed by atoms with van der Waals surface area (Å²) in [5, 5.41) is 9.75. The van der Waals surface area contributed by atoms with Crippen molar-refractivity contribution in [2.75, 3.05) is 19.6 Å². The van der Waals surface area contributed by atoms with Crippen LogP contribution >= 0.6 is 0 Å². The molecule has 0 saturated carbocycles. The van der Waals surface area contributed by atoms with Gasteiger partial charge in [-0.25, -0.2) is 0 Å². The zero-order chi connectivity index (χ0) is 12.5. The summed E-state index contributed by atoms with van der Waals surface area (Å²) in [4.78, 5) is 1.62. The van der Waals surface area contributed by atoms with Crippen LogP contribution in [-0.2, 0) is 5.92 Å². The Labute approximate surface area is 99.9 Å². The van der Waals surface area contributed by atoms with E-state index in [1.54, 1.807) is 30.0 Å². The van der Waals surface area contributed by atoms with Crippen molar-refractivity contribution in [3.05, 3.63) is 35.9 Å². The molecule has 0 aromatic heterocycles. The Balaban J connectivity index is 2.04. The van der Waals surface area contributed by atoms with Gasteiger partial charge in [-0.1, -0.05) is 30.3 Å². The summed E-state index contributed by atoms with van der Waals surface area (Å²) in [6.45, 7) is 2.20. The van der Waals surface area contributed by atoms with Gasteiger partial charge >= 0.3 is 0 Å². The standard InChI is InChI=1S/C13H17F2NO/c1-12(17)7-8-16(9-12)10-13(14,15)11-5-3-2-4-6-11/h2-6,17H,7-10H2,1H3. The van der Waals surface area contributed by atoms with Crippen LogP contribution in [0.2, 0.25) is 0 Å². The van der Waals surface area contributed by atoms with Crippen molar-refractivity contribution in [3.8, 4) is 0 Å². The molecule has 17 heavy (non-hydrogen) atoms. The zero-order valence-corrected chi connectivity index (χ0v) is 9.87. The summed E-state index contributed by atoms with van der Waals surface area (Å²) in [5.41, 5.74) is -0.793. The van der Waals surface area contributed by atoms with Gasteiger partial charge in [0, 0.05) is 18.7 Å². The van der Waals surface area contributed by atoms with E-state index in [0.29, 0.717) is 19.5 Å². The van der Waals surface area contributed by atoms with E-state index in [1.807, 2.05) is 0 Å². The van der Waals surface area contributed by atoms with Gasteiger partial charge in [0.25, 0.3) is 5.92 Å². The molecule has 0 radical (unpaired) electrons. The summed E-state index contributed by atoms with van der Waals surface area (Å²) in [6, 6.07) is 7.83. The lowest BCUT2D eigenvalue weighted by Gasteiger charge is -2.24. The van der Waals surface area contributed by atoms with E-state index in [1.165, 1.54) is 12.1 Å². The summed E-state index contributed by atoms with van der Waals surface area (Å²) in [6.07, 6.45) is 0.553. The summed E-state index contributed by atoms with van der Waals surface area (Å²) < 4.78 is 27.9. The van der Waals surface area contributed by atoms with Crippen molar-refractivity contribution in [1.82, 2.24) is 4.90 Å². The molecule has 1 fully saturated rings. The number of hydrogen-bond acceptors (Lipinski definition) is 2. The summed E-state index contributed by atoms with van der Waals surface area (Å²) >= 11 is 0. The van der Waals surface area contributed by atoms with Crippen molar-refractivity contribution in [2.45, 2.75) is 24.9 Å². The van der Waals surface area contributed by atoms with Gasteiger partial charge in [-0.05, 0) is 13.3 Å². The minimum absolute atomic E-state index is 0.0338. The lowest BCUT2D eigenvalue weighted by Crippen LogP contribution is -2.36. The molecule has 1 heterocycles. The molecule has 1 unspecified atom stereocenters. The molecule has 0 aliphatic carbocycles. The van der Waals surface area contributed by atoms with Gasteiger partial charge in [0.15, 0.2) is 0 Å². The molecule has 94 valence electrons. The molecule has 2 nitrogen and oxygen atoms in total. The van der Waals surface area contributed by atoms with Crippen LogP contribution in [0.5, 0.6) is 0 Å². The maximum Gasteiger partial charge on any atom is 0.285 e. The molecule has 1 aliphatic heterocycles. The third kappa shape index (κ3) is 3.01. The second-order valence-corrected chi connectivity index (χ2v) is 5.03. The Morgan fingerprint density at radius 3 is 2.53 bits per heavy atom. The van der Waals surface area contributed by atoms with Crippen LogP contribution in [0.3, 0.4) is 0 Å². The average Bonchev–Trinajstić information content (AvgIpc) is 2.58.